The van der Waals surface area contributed by atoms with E-state index in [-0.39, 0.29) is 5.91 Å². The highest BCUT2D eigenvalue weighted by Gasteiger charge is 2.26. The van der Waals surface area contributed by atoms with Gasteiger partial charge in [0.1, 0.15) is 0 Å². The summed E-state index contributed by atoms with van der Waals surface area (Å²) in [6.45, 7) is 5.16. The Labute approximate surface area is 178 Å². The SMILES string of the molecule is Cc1ccc(-c2nnc(SCC(=O)N3CCCCC3C)n2C2CCCCC2)cc1. The standard InChI is InChI=1S/C23H32N4OS/c1-17-11-13-19(14-12-17)22-24-25-23(27(22)20-9-4-3-5-10-20)29-16-21(28)26-15-7-6-8-18(26)2/h11-14,18,20H,3-10,15-16H2,1-2H3. The molecule has 0 bridgehead atoms. The van der Waals surface area contributed by atoms with Crippen LogP contribution in [-0.4, -0.2) is 43.9 Å². The predicted molar refractivity (Wildman–Crippen MR) is 118 cm³/mol. The van der Waals surface area contributed by atoms with Gasteiger partial charge < -0.3 is 4.90 Å². The van der Waals surface area contributed by atoms with Crippen LogP contribution in [0.4, 0.5) is 0 Å². The smallest absolute Gasteiger partial charge is 0.233 e. The van der Waals surface area contributed by atoms with Crippen molar-refractivity contribution in [2.75, 3.05) is 12.3 Å². The molecule has 156 valence electrons. The van der Waals surface area contributed by atoms with Crippen molar-refractivity contribution in [3.63, 3.8) is 0 Å². The lowest BCUT2D eigenvalue weighted by molar-refractivity contribution is -0.131. The number of thioether (sulfide) groups is 1. The summed E-state index contributed by atoms with van der Waals surface area (Å²) in [4.78, 5) is 14.9. The summed E-state index contributed by atoms with van der Waals surface area (Å²) in [6.07, 6.45) is 9.63. The van der Waals surface area contributed by atoms with E-state index in [1.54, 1.807) is 11.8 Å². The molecular formula is C23H32N4OS. The van der Waals surface area contributed by atoms with Crippen molar-refractivity contribution in [1.82, 2.24) is 19.7 Å². The van der Waals surface area contributed by atoms with Gasteiger partial charge in [-0.3, -0.25) is 9.36 Å². The molecule has 29 heavy (non-hydrogen) atoms. The van der Waals surface area contributed by atoms with Gasteiger partial charge in [0.15, 0.2) is 11.0 Å². The van der Waals surface area contributed by atoms with Gasteiger partial charge in [-0.05, 0) is 46.0 Å². The van der Waals surface area contributed by atoms with Crippen molar-refractivity contribution in [2.24, 2.45) is 0 Å². The molecule has 1 atom stereocenters. The van der Waals surface area contributed by atoms with Crippen LogP contribution in [-0.2, 0) is 4.79 Å². The molecule has 2 heterocycles. The van der Waals surface area contributed by atoms with Crippen LogP contribution in [0.2, 0.25) is 0 Å². The van der Waals surface area contributed by atoms with Crippen LogP contribution in [0, 0.1) is 6.92 Å². The van der Waals surface area contributed by atoms with Crippen molar-refractivity contribution in [1.29, 1.82) is 0 Å². The van der Waals surface area contributed by atoms with E-state index in [4.69, 9.17) is 0 Å². The maximum absolute atomic E-state index is 12.8. The van der Waals surface area contributed by atoms with Crippen LogP contribution in [0.3, 0.4) is 0 Å². The Morgan fingerprint density at radius 2 is 1.76 bits per heavy atom. The number of carbonyl (C=O) groups excluding carboxylic acids is 1. The summed E-state index contributed by atoms with van der Waals surface area (Å²) >= 11 is 1.56. The monoisotopic (exact) mass is 412 g/mol. The van der Waals surface area contributed by atoms with E-state index in [2.05, 4.69) is 57.8 Å². The minimum absolute atomic E-state index is 0.234. The highest BCUT2D eigenvalue weighted by molar-refractivity contribution is 7.99. The average molecular weight is 413 g/mol. The number of nitrogens with zero attached hydrogens (tertiary/aromatic N) is 4. The zero-order valence-electron chi connectivity index (χ0n) is 17.6. The third-order valence-corrected chi connectivity index (χ3v) is 7.29. The first-order valence-electron chi connectivity index (χ1n) is 11.1. The number of hydrogen-bond acceptors (Lipinski definition) is 4. The summed E-state index contributed by atoms with van der Waals surface area (Å²) in [5.41, 5.74) is 2.35. The van der Waals surface area contributed by atoms with Crippen molar-refractivity contribution in [3.05, 3.63) is 29.8 Å². The third-order valence-electron chi connectivity index (χ3n) is 6.36. The maximum Gasteiger partial charge on any atom is 0.233 e. The number of benzene rings is 1. The van der Waals surface area contributed by atoms with Crippen LogP contribution < -0.4 is 0 Å². The van der Waals surface area contributed by atoms with E-state index in [9.17, 15) is 4.79 Å². The highest BCUT2D eigenvalue weighted by atomic mass is 32.2. The first kappa shape index (κ1) is 20.5. The fourth-order valence-corrected chi connectivity index (χ4v) is 5.51. The molecule has 6 heteroatoms. The number of aryl methyl sites for hydroxylation is 1. The van der Waals surface area contributed by atoms with Gasteiger partial charge >= 0.3 is 0 Å². The number of piperidine rings is 1. The van der Waals surface area contributed by atoms with Gasteiger partial charge in [-0.2, -0.15) is 0 Å². The lowest BCUT2D eigenvalue weighted by atomic mass is 9.95. The highest BCUT2D eigenvalue weighted by Crippen LogP contribution is 2.35. The molecule has 1 saturated carbocycles. The normalized spacial score (nSPS) is 20.8. The largest absolute Gasteiger partial charge is 0.339 e. The Morgan fingerprint density at radius 1 is 1.03 bits per heavy atom. The lowest BCUT2D eigenvalue weighted by Gasteiger charge is -2.33. The van der Waals surface area contributed by atoms with E-state index >= 15 is 0 Å². The first-order valence-corrected chi connectivity index (χ1v) is 12.1. The Balaban J connectivity index is 1.55. The van der Waals surface area contributed by atoms with Gasteiger partial charge in [-0.15, -0.1) is 10.2 Å². The molecule has 1 saturated heterocycles. The van der Waals surface area contributed by atoms with Crippen LogP contribution in [0.1, 0.15) is 69.9 Å². The van der Waals surface area contributed by atoms with Crippen LogP contribution >= 0.6 is 11.8 Å². The van der Waals surface area contributed by atoms with Crippen molar-refractivity contribution in [2.45, 2.75) is 82.5 Å². The molecule has 1 aromatic carbocycles. The maximum atomic E-state index is 12.8. The Morgan fingerprint density at radius 3 is 2.48 bits per heavy atom. The second-order valence-electron chi connectivity index (χ2n) is 8.55. The van der Waals surface area contributed by atoms with Crippen LogP contribution in [0.15, 0.2) is 29.4 Å². The average Bonchev–Trinajstić information content (AvgIpc) is 3.17. The predicted octanol–water partition coefficient (Wildman–Crippen LogP) is 5.25. The van der Waals surface area contributed by atoms with Gasteiger partial charge in [-0.25, -0.2) is 0 Å². The molecule has 0 radical (unpaired) electrons. The van der Waals surface area contributed by atoms with E-state index in [0.717, 1.165) is 35.9 Å². The summed E-state index contributed by atoms with van der Waals surface area (Å²) < 4.78 is 2.32. The fourth-order valence-electron chi connectivity index (χ4n) is 4.62. The van der Waals surface area contributed by atoms with E-state index in [1.807, 2.05) is 0 Å². The second kappa shape index (κ2) is 9.33. The zero-order valence-corrected chi connectivity index (χ0v) is 18.5. The molecule has 1 aliphatic carbocycles. The van der Waals surface area contributed by atoms with E-state index in [0.29, 0.717) is 17.8 Å². The Hall–Kier alpha value is -1.82. The van der Waals surface area contributed by atoms with Gasteiger partial charge in [0.2, 0.25) is 5.91 Å². The Kier molecular flexibility index (Phi) is 6.58. The lowest BCUT2D eigenvalue weighted by Crippen LogP contribution is -2.43. The number of rotatable bonds is 5. The Bertz CT molecular complexity index is 826. The molecule has 1 unspecified atom stereocenters. The minimum Gasteiger partial charge on any atom is -0.339 e. The van der Waals surface area contributed by atoms with Crippen molar-refractivity contribution >= 4 is 17.7 Å². The summed E-state index contributed by atoms with van der Waals surface area (Å²) in [6, 6.07) is 9.31. The second-order valence-corrected chi connectivity index (χ2v) is 9.50. The molecule has 1 aliphatic heterocycles. The first-order chi connectivity index (χ1) is 14.1. The summed E-state index contributed by atoms with van der Waals surface area (Å²) in [5.74, 6) is 1.62. The van der Waals surface area contributed by atoms with Crippen molar-refractivity contribution < 1.29 is 4.79 Å². The van der Waals surface area contributed by atoms with Crippen molar-refractivity contribution in [3.8, 4) is 11.4 Å². The fraction of sp³-hybridized carbons (Fsp3) is 0.609. The van der Waals surface area contributed by atoms with Gasteiger partial charge in [0.25, 0.3) is 0 Å². The number of amides is 1. The van der Waals surface area contributed by atoms with E-state index in [1.165, 1.54) is 44.1 Å². The van der Waals surface area contributed by atoms with Gasteiger partial charge in [0.05, 0.1) is 5.75 Å². The molecule has 0 N–H and O–H groups in total. The molecule has 1 amide bonds. The summed E-state index contributed by atoms with van der Waals surface area (Å²) in [7, 11) is 0. The van der Waals surface area contributed by atoms with Crippen LogP contribution in [0.5, 0.6) is 0 Å². The number of hydrogen-bond donors (Lipinski definition) is 0. The summed E-state index contributed by atoms with van der Waals surface area (Å²) in [5, 5.41) is 9.99. The molecule has 4 rings (SSSR count). The van der Waals surface area contributed by atoms with Gasteiger partial charge in [-0.1, -0.05) is 60.9 Å². The minimum atomic E-state index is 0.234. The molecule has 2 aromatic rings. The number of likely N-dealkylation sites (tertiary alicyclic amines) is 1. The third kappa shape index (κ3) is 4.68. The molecule has 2 aliphatic rings. The zero-order chi connectivity index (χ0) is 20.2. The van der Waals surface area contributed by atoms with Crippen LogP contribution in [0.25, 0.3) is 11.4 Å². The number of aromatic nitrogens is 3. The topological polar surface area (TPSA) is 51.0 Å². The molecule has 2 fully saturated rings. The van der Waals surface area contributed by atoms with E-state index < -0.39 is 0 Å². The molecule has 0 spiro atoms. The quantitative estimate of drug-likeness (QED) is 0.629. The molecular weight excluding hydrogens is 380 g/mol. The number of carbonyl (C=O) groups is 1. The van der Waals surface area contributed by atoms with Gasteiger partial charge in [0, 0.05) is 24.2 Å². The molecule has 5 nitrogen and oxygen atoms in total. The molecule has 1 aromatic heterocycles.